The standard InChI is InChI=1S/C9H9ClN2/c1-6-3-4-7(10)9-8(6)11-5-12(9)2/h3-5H,1-2H3. The van der Waals surface area contributed by atoms with Crippen molar-refractivity contribution in [2.75, 3.05) is 0 Å². The maximum atomic E-state index is 6.01. The van der Waals surface area contributed by atoms with Gasteiger partial charge >= 0.3 is 0 Å². The number of benzene rings is 1. The summed E-state index contributed by atoms with van der Waals surface area (Å²) in [5, 5.41) is 0.760. The molecule has 0 fully saturated rings. The lowest BCUT2D eigenvalue weighted by atomic mass is 10.2. The van der Waals surface area contributed by atoms with Crippen LogP contribution in [0.2, 0.25) is 5.02 Å². The average Bonchev–Trinajstić information content (AvgIpc) is 2.42. The maximum absolute atomic E-state index is 6.01. The van der Waals surface area contributed by atoms with Gasteiger partial charge in [-0.1, -0.05) is 17.7 Å². The average molecular weight is 181 g/mol. The van der Waals surface area contributed by atoms with Gasteiger partial charge in [0.25, 0.3) is 0 Å². The van der Waals surface area contributed by atoms with Crippen molar-refractivity contribution in [2.45, 2.75) is 6.92 Å². The Kier molecular flexibility index (Phi) is 1.58. The van der Waals surface area contributed by atoms with Crippen LogP contribution in [-0.2, 0) is 7.05 Å². The number of rotatable bonds is 0. The predicted molar refractivity (Wildman–Crippen MR) is 50.5 cm³/mol. The molecule has 0 saturated carbocycles. The summed E-state index contributed by atoms with van der Waals surface area (Å²) in [7, 11) is 1.95. The molecule has 3 heteroatoms. The summed E-state index contributed by atoms with van der Waals surface area (Å²) in [6.07, 6.45) is 1.78. The minimum Gasteiger partial charge on any atom is -0.332 e. The Morgan fingerprint density at radius 2 is 2.17 bits per heavy atom. The van der Waals surface area contributed by atoms with Crippen LogP contribution in [0.3, 0.4) is 0 Å². The lowest BCUT2D eigenvalue weighted by Gasteiger charge is -1.99. The highest BCUT2D eigenvalue weighted by Gasteiger charge is 2.05. The number of nitrogens with zero attached hydrogens (tertiary/aromatic N) is 2. The number of hydrogen-bond acceptors (Lipinski definition) is 1. The molecule has 0 saturated heterocycles. The first-order chi connectivity index (χ1) is 5.70. The van der Waals surface area contributed by atoms with E-state index in [2.05, 4.69) is 4.98 Å². The third-order valence-corrected chi connectivity index (χ3v) is 2.32. The second-order valence-corrected chi connectivity index (χ2v) is 3.32. The molecule has 0 aliphatic rings. The number of fused-ring (bicyclic) bond motifs is 1. The van der Waals surface area contributed by atoms with Crippen molar-refractivity contribution >= 4 is 22.6 Å². The lowest BCUT2D eigenvalue weighted by Crippen LogP contribution is -1.85. The van der Waals surface area contributed by atoms with E-state index in [0.29, 0.717) is 0 Å². The van der Waals surface area contributed by atoms with Crippen molar-refractivity contribution in [2.24, 2.45) is 7.05 Å². The molecule has 1 heterocycles. The highest BCUT2D eigenvalue weighted by atomic mass is 35.5. The van der Waals surface area contributed by atoms with E-state index in [-0.39, 0.29) is 0 Å². The summed E-state index contributed by atoms with van der Waals surface area (Å²) >= 11 is 6.01. The van der Waals surface area contributed by atoms with Crippen LogP contribution in [0.25, 0.3) is 11.0 Å². The molecule has 12 heavy (non-hydrogen) atoms. The zero-order chi connectivity index (χ0) is 8.72. The Labute approximate surface area is 75.8 Å². The molecular weight excluding hydrogens is 172 g/mol. The molecule has 0 aliphatic carbocycles. The van der Waals surface area contributed by atoms with Gasteiger partial charge in [-0.05, 0) is 18.6 Å². The zero-order valence-corrected chi connectivity index (χ0v) is 7.76. The van der Waals surface area contributed by atoms with E-state index < -0.39 is 0 Å². The van der Waals surface area contributed by atoms with Crippen LogP contribution in [0, 0.1) is 6.92 Å². The third-order valence-electron chi connectivity index (χ3n) is 2.02. The molecule has 0 unspecified atom stereocenters. The second kappa shape index (κ2) is 2.49. The van der Waals surface area contributed by atoms with Gasteiger partial charge in [0, 0.05) is 7.05 Å². The van der Waals surface area contributed by atoms with Crippen LogP contribution in [0.1, 0.15) is 5.56 Å². The van der Waals surface area contributed by atoms with E-state index in [4.69, 9.17) is 11.6 Å². The van der Waals surface area contributed by atoms with Crippen molar-refractivity contribution in [1.82, 2.24) is 9.55 Å². The van der Waals surface area contributed by atoms with Gasteiger partial charge in [0.15, 0.2) is 0 Å². The van der Waals surface area contributed by atoms with E-state index in [1.165, 1.54) is 0 Å². The summed E-state index contributed by atoms with van der Waals surface area (Å²) in [4.78, 5) is 4.26. The van der Waals surface area contributed by atoms with Crippen LogP contribution < -0.4 is 0 Å². The second-order valence-electron chi connectivity index (χ2n) is 2.92. The highest BCUT2D eigenvalue weighted by molar-refractivity contribution is 6.35. The topological polar surface area (TPSA) is 17.8 Å². The highest BCUT2D eigenvalue weighted by Crippen LogP contribution is 2.24. The minimum absolute atomic E-state index is 0.760. The van der Waals surface area contributed by atoms with Crippen LogP contribution in [0.15, 0.2) is 18.5 Å². The van der Waals surface area contributed by atoms with Gasteiger partial charge < -0.3 is 4.57 Å². The maximum Gasteiger partial charge on any atom is 0.0956 e. The number of imidazole rings is 1. The Balaban J connectivity index is 2.98. The number of aromatic nitrogens is 2. The van der Waals surface area contributed by atoms with Gasteiger partial charge in [-0.2, -0.15) is 0 Å². The number of halogens is 1. The third kappa shape index (κ3) is 0.916. The van der Waals surface area contributed by atoms with Gasteiger partial charge in [0.1, 0.15) is 0 Å². The van der Waals surface area contributed by atoms with Crippen molar-refractivity contribution < 1.29 is 0 Å². The van der Waals surface area contributed by atoms with E-state index >= 15 is 0 Å². The summed E-state index contributed by atoms with van der Waals surface area (Å²) < 4.78 is 1.94. The van der Waals surface area contributed by atoms with Gasteiger partial charge in [-0.15, -0.1) is 0 Å². The summed E-state index contributed by atoms with van der Waals surface area (Å²) in [6.45, 7) is 2.03. The first-order valence-electron chi connectivity index (χ1n) is 3.76. The summed E-state index contributed by atoms with van der Waals surface area (Å²) in [5.74, 6) is 0. The fourth-order valence-electron chi connectivity index (χ4n) is 1.36. The van der Waals surface area contributed by atoms with Crippen molar-refractivity contribution in [3.8, 4) is 0 Å². The SMILES string of the molecule is Cc1ccc(Cl)c2c1ncn2C. The molecule has 0 N–H and O–H groups in total. The molecular formula is C9H9ClN2. The van der Waals surface area contributed by atoms with Gasteiger partial charge in [0.05, 0.1) is 22.4 Å². The van der Waals surface area contributed by atoms with Crippen LogP contribution in [0.4, 0.5) is 0 Å². The molecule has 1 aromatic carbocycles. The quantitative estimate of drug-likeness (QED) is 0.609. The monoisotopic (exact) mass is 180 g/mol. The predicted octanol–water partition coefficient (Wildman–Crippen LogP) is 2.54. The van der Waals surface area contributed by atoms with Gasteiger partial charge in [-0.3, -0.25) is 0 Å². The molecule has 0 spiro atoms. The molecule has 62 valence electrons. The lowest BCUT2D eigenvalue weighted by molar-refractivity contribution is 0.948. The Hall–Kier alpha value is -1.02. The van der Waals surface area contributed by atoms with Crippen LogP contribution in [-0.4, -0.2) is 9.55 Å². The Bertz CT molecular complexity index is 431. The number of aryl methyl sites for hydroxylation is 2. The van der Waals surface area contributed by atoms with Crippen LogP contribution >= 0.6 is 11.6 Å². The molecule has 2 aromatic rings. The number of hydrogen-bond donors (Lipinski definition) is 0. The summed E-state index contributed by atoms with van der Waals surface area (Å²) in [5.41, 5.74) is 3.16. The van der Waals surface area contributed by atoms with Crippen molar-refractivity contribution in [1.29, 1.82) is 0 Å². The molecule has 2 nitrogen and oxygen atoms in total. The molecule has 1 aromatic heterocycles. The summed E-state index contributed by atoms with van der Waals surface area (Å²) in [6, 6.07) is 3.89. The molecule has 0 bridgehead atoms. The van der Waals surface area contributed by atoms with Crippen molar-refractivity contribution in [3.63, 3.8) is 0 Å². The van der Waals surface area contributed by atoms with Crippen LogP contribution in [0.5, 0.6) is 0 Å². The normalized spacial score (nSPS) is 10.9. The molecule has 0 amide bonds. The minimum atomic E-state index is 0.760. The molecule has 0 atom stereocenters. The molecule has 2 rings (SSSR count). The van der Waals surface area contributed by atoms with E-state index in [1.807, 2.05) is 30.7 Å². The van der Waals surface area contributed by atoms with Crippen molar-refractivity contribution in [3.05, 3.63) is 29.0 Å². The first kappa shape index (κ1) is 7.62. The van der Waals surface area contributed by atoms with E-state index in [9.17, 15) is 0 Å². The molecule has 0 aliphatic heterocycles. The van der Waals surface area contributed by atoms with Gasteiger partial charge in [0.2, 0.25) is 0 Å². The Morgan fingerprint density at radius 1 is 1.42 bits per heavy atom. The fraction of sp³-hybridized carbons (Fsp3) is 0.222. The fourth-order valence-corrected chi connectivity index (χ4v) is 1.64. The zero-order valence-electron chi connectivity index (χ0n) is 7.00. The Morgan fingerprint density at radius 3 is 2.83 bits per heavy atom. The van der Waals surface area contributed by atoms with E-state index in [1.54, 1.807) is 6.33 Å². The molecule has 0 radical (unpaired) electrons. The van der Waals surface area contributed by atoms with Gasteiger partial charge in [-0.25, -0.2) is 4.98 Å². The first-order valence-corrected chi connectivity index (χ1v) is 4.14. The smallest absolute Gasteiger partial charge is 0.0956 e. The van der Waals surface area contributed by atoms with E-state index in [0.717, 1.165) is 21.6 Å². The largest absolute Gasteiger partial charge is 0.332 e.